The molecule has 8 heteroatoms. The molecule has 0 saturated carbocycles. The molecule has 0 aliphatic heterocycles. The van der Waals surface area contributed by atoms with E-state index in [1.54, 1.807) is 6.07 Å². The van der Waals surface area contributed by atoms with Crippen LogP contribution < -0.4 is 4.72 Å². The Balaban J connectivity index is 2.40. The minimum atomic E-state index is -3.75. The van der Waals surface area contributed by atoms with Crippen LogP contribution in [0.1, 0.15) is 0 Å². The third-order valence-corrected chi connectivity index (χ3v) is 3.87. The molecule has 0 unspecified atom stereocenters. The van der Waals surface area contributed by atoms with Gasteiger partial charge in [0, 0.05) is 0 Å². The Hall–Kier alpha value is -1.24. The summed E-state index contributed by atoms with van der Waals surface area (Å²) in [6.45, 7) is 0. The number of hydrogen-bond donors (Lipinski definition) is 2. The zero-order chi connectivity index (χ0) is 12.5. The minimum absolute atomic E-state index is 0.0616. The quantitative estimate of drug-likeness (QED) is 0.912. The Morgan fingerprint density at radius 2 is 1.88 bits per heavy atom. The summed E-state index contributed by atoms with van der Waals surface area (Å²) in [5, 5.41) is 0.384. The maximum Gasteiger partial charge on any atom is 0.279 e. The van der Waals surface area contributed by atoms with Crippen LogP contribution >= 0.6 is 23.2 Å². The van der Waals surface area contributed by atoms with Gasteiger partial charge in [0.25, 0.3) is 10.0 Å². The van der Waals surface area contributed by atoms with Gasteiger partial charge in [-0.25, -0.2) is 4.98 Å². The first-order valence-electron chi connectivity index (χ1n) is 4.46. The van der Waals surface area contributed by atoms with E-state index in [9.17, 15) is 8.42 Å². The summed E-state index contributed by atoms with van der Waals surface area (Å²) < 4.78 is 26.0. The number of sulfonamides is 1. The molecule has 0 aliphatic rings. The average molecular weight is 292 g/mol. The minimum Gasteiger partial charge on any atom is -0.334 e. The highest BCUT2D eigenvalue weighted by atomic mass is 35.5. The molecule has 1 aromatic carbocycles. The van der Waals surface area contributed by atoms with Crippen molar-refractivity contribution in [3.63, 3.8) is 0 Å². The van der Waals surface area contributed by atoms with Crippen LogP contribution in [0.5, 0.6) is 0 Å². The molecule has 5 nitrogen and oxygen atoms in total. The van der Waals surface area contributed by atoms with Gasteiger partial charge in [-0.3, -0.25) is 4.72 Å². The third kappa shape index (κ3) is 2.54. The lowest BCUT2D eigenvalue weighted by Crippen LogP contribution is -2.13. The van der Waals surface area contributed by atoms with Gasteiger partial charge in [-0.2, -0.15) is 8.42 Å². The zero-order valence-corrected chi connectivity index (χ0v) is 10.6. The van der Waals surface area contributed by atoms with Crippen molar-refractivity contribution in [2.24, 2.45) is 0 Å². The van der Waals surface area contributed by atoms with Crippen LogP contribution in [-0.4, -0.2) is 18.4 Å². The number of rotatable bonds is 3. The summed E-state index contributed by atoms with van der Waals surface area (Å²) in [5.74, 6) is 0. The van der Waals surface area contributed by atoms with Gasteiger partial charge in [-0.1, -0.05) is 29.3 Å². The van der Waals surface area contributed by atoms with E-state index in [1.165, 1.54) is 24.7 Å². The fourth-order valence-corrected chi connectivity index (χ4v) is 2.78. The molecule has 0 spiro atoms. The fraction of sp³-hybridized carbons (Fsp3) is 0. The van der Waals surface area contributed by atoms with Crippen LogP contribution in [0, 0.1) is 0 Å². The number of imidazole rings is 1. The lowest BCUT2D eigenvalue weighted by Gasteiger charge is -2.09. The van der Waals surface area contributed by atoms with E-state index in [2.05, 4.69) is 14.7 Å². The molecule has 0 fully saturated rings. The molecule has 0 saturated heterocycles. The highest BCUT2D eigenvalue weighted by Gasteiger charge is 2.18. The zero-order valence-electron chi connectivity index (χ0n) is 8.31. The second-order valence-corrected chi connectivity index (χ2v) is 5.58. The number of hydrogen-bond acceptors (Lipinski definition) is 3. The lowest BCUT2D eigenvalue weighted by atomic mass is 10.3. The number of nitrogens with one attached hydrogen (secondary N) is 2. The predicted molar refractivity (Wildman–Crippen MR) is 65.9 cm³/mol. The Kier molecular flexibility index (Phi) is 3.28. The molecule has 17 heavy (non-hydrogen) atoms. The smallest absolute Gasteiger partial charge is 0.279 e. The van der Waals surface area contributed by atoms with Crippen LogP contribution in [0.15, 0.2) is 35.7 Å². The molecule has 0 amide bonds. The SMILES string of the molecule is O=S(=O)(Nc1c(Cl)cccc1Cl)c1cnc[nH]1. The molecular formula is C9H7Cl2N3O2S. The van der Waals surface area contributed by atoms with E-state index in [0.717, 1.165) is 0 Å². The summed E-state index contributed by atoms with van der Waals surface area (Å²) in [6.07, 6.45) is 2.45. The summed E-state index contributed by atoms with van der Waals surface area (Å²) in [4.78, 5) is 6.12. The maximum absolute atomic E-state index is 11.9. The molecule has 1 aromatic heterocycles. The topological polar surface area (TPSA) is 74.8 Å². The maximum atomic E-state index is 11.9. The van der Waals surface area contributed by atoms with Gasteiger partial charge in [-0.15, -0.1) is 0 Å². The first kappa shape index (κ1) is 12.2. The molecule has 1 heterocycles. The first-order chi connectivity index (χ1) is 8.00. The van der Waals surface area contributed by atoms with E-state index in [4.69, 9.17) is 23.2 Å². The highest BCUT2D eigenvalue weighted by molar-refractivity contribution is 7.92. The van der Waals surface area contributed by atoms with Crippen LogP contribution in [-0.2, 0) is 10.0 Å². The Morgan fingerprint density at radius 1 is 1.24 bits per heavy atom. The molecule has 0 radical (unpaired) electrons. The second kappa shape index (κ2) is 4.56. The van der Waals surface area contributed by atoms with Crippen molar-refractivity contribution in [3.05, 3.63) is 40.8 Å². The monoisotopic (exact) mass is 291 g/mol. The molecule has 0 bridgehead atoms. The molecule has 0 aliphatic carbocycles. The highest BCUT2D eigenvalue weighted by Crippen LogP contribution is 2.31. The summed E-state index contributed by atoms with van der Waals surface area (Å²) in [5.41, 5.74) is 0.144. The summed E-state index contributed by atoms with van der Waals surface area (Å²) in [7, 11) is -3.75. The largest absolute Gasteiger partial charge is 0.334 e. The fourth-order valence-electron chi connectivity index (χ4n) is 1.17. The van der Waals surface area contributed by atoms with E-state index in [0.29, 0.717) is 0 Å². The number of aromatic amines is 1. The predicted octanol–water partition coefficient (Wildman–Crippen LogP) is 2.52. The number of H-pyrrole nitrogens is 1. The van der Waals surface area contributed by atoms with Gasteiger partial charge in [0.15, 0.2) is 5.03 Å². The van der Waals surface area contributed by atoms with Crippen LogP contribution in [0.4, 0.5) is 5.69 Å². The third-order valence-electron chi connectivity index (χ3n) is 1.96. The number of para-hydroxylation sites is 1. The van der Waals surface area contributed by atoms with Crippen molar-refractivity contribution in [2.45, 2.75) is 5.03 Å². The van der Waals surface area contributed by atoms with Gasteiger partial charge in [0.1, 0.15) is 0 Å². The lowest BCUT2D eigenvalue weighted by molar-refractivity contribution is 0.598. The molecule has 90 valence electrons. The van der Waals surface area contributed by atoms with Crippen LogP contribution in [0.2, 0.25) is 10.0 Å². The molecule has 2 rings (SSSR count). The number of benzene rings is 1. The number of anilines is 1. The summed E-state index contributed by atoms with van der Waals surface area (Å²) in [6, 6.07) is 4.70. The standard InChI is InChI=1S/C9H7Cl2N3O2S/c10-6-2-1-3-7(11)9(6)14-17(15,16)8-4-12-5-13-8/h1-5,14H,(H,12,13). The van der Waals surface area contributed by atoms with Crippen LogP contribution in [0.3, 0.4) is 0 Å². The van der Waals surface area contributed by atoms with Crippen molar-refractivity contribution in [1.29, 1.82) is 0 Å². The number of nitrogens with zero attached hydrogens (tertiary/aromatic N) is 1. The second-order valence-electron chi connectivity index (χ2n) is 3.12. The van der Waals surface area contributed by atoms with Crippen molar-refractivity contribution < 1.29 is 8.42 Å². The van der Waals surface area contributed by atoms with Gasteiger partial charge in [0.2, 0.25) is 0 Å². The Labute approximate surface area is 108 Å². The molecule has 2 aromatic rings. The molecule has 0 atom stereocenters. The number of halogens is 2. The van der Waals surface area contributed by atoms with E-state index in [1.807, 2.05) is 0 Å². The van der Waals surface area contributed by atoms with Gasteiger partial charge >= 0.3 is 0 Å². The van der Waals surface area contributed by atoms with Crippen molar-refractivity contribution in [1.82, 2.24) is 9.97 Å². The molecule has 2 N–H and O–H groups in total. The Morgan fingerprint density at radius 3 is 2.41 bits per heavy atom. The van der Waals surface area contributed by atoms with E-state index >= 15 is 0 Å². The van der Waals surface area contributed by atoms with E-state index in [-0.39, 0.29) is 20.8 Å². The first-order valence-corrected chi connectivity index (χ1v) is 6.70. The Bertz CT molecular complexity index is 605. The normalized spacial score (nSPS) is 11.4. The number of aromatic nitrogens is 2. The molecular weight excluding hydrogens is 285 g/mol. The van der Waals surface area contributed by atoms with Crippen LogP contribution in [0.25, 0.3) is 0 Å². The van der Waals surface area contributed by atoms with E-state index < -0.39 is 10.0 Å². The van der Waals surface area contributed by atoms with Crippen molar-refractivity contribution in [3.8, 4) is 0 Å². The van der Waals surface area contributed by atoms with Gasteiger partial charge in [-0.05, 0) is 12.1 Å². The average Bonchev–Trinajstić information content (AvgIpc) is 2.77. The van der Waals surface area contributed by atoms with Crippen molar-refractivity contribution >= 4 is 38.9 Å². The summed E-state index contributed by atoms with van der Waals surface area (Å²) >= 11 is 11.7. The van der Waals surface area contributed by atoms with Gasteiger partial charge in [0.05, 0.1) is 28.3 Å². The van der Waals surface area contributed by atoms with Crippen molar-refractivity contribution in [2.75, 3.05) is 4.72 Å². The van der Waals surface area contributed by atoms with Gasteiger partial charge < -0.3 is 4.98 Å².